The van der Waals surface area contributed by atoms with Crippen LogP contribution in [0.1, 0.15) is 25.7 Å². The summed E-state index contributed by atoms with van der Waals surface area (Å²) < 4.78 is 0. The van der Waals surface area contributed by atoms with Gasteiger partial charge in [0.25, 0.3) is 0 Å². The monoisotopic (exact) mass is 244 g/mol. The molecule has 0 aromatic carbocycles. The van der Waals surface area contributed by atoms with E-state index in [0.717, 1.165) is 12.8 Å². The maximum atomic E-state index is 11.6. The van der Waals surface area contributed by atoms with E-state index in [0.29, 0.717) is 12.8 Å². The highest BCUT2D eigenvalue weighted by molar-refractivity contribution is 5.84. The summed E-state index contributed by atoms with van der Waals surface area (Å²) in [4.78, 5) is 37.6. The summed E-state index contributed by atoms with van der Waals surface area (Å²) in [5, 5.41) is 8.98. The molecule has 0 aromatic heterocycles. The van der Waals surface area contributed by atoms with Gasteiger partial charge in [-0.2, -0.15) is 0 Å². The van der Waals surface area contributed by atoms with Gasteiger partial charge in [0.15, 0.2) is 6.61 Å². The maximum absolute atomic E-state index is 11.6. The van der Waals surface area contributed by atoms with E-state index in [1.165, 1.54) is 0 Å². The average molecular weight is 244 g/mol. The van der Waals surface area contributed by atoms with Crippen molar-refractivity contribution in [1.82, 2.24) is 5.48 Å². The zero-order valence-electron chi connectivity index (χ0n) is 9.35. The van der Waals surface area contributed by atoms with Crippen LogP contribution in [0.2, 0.25) is 0 Å². The highest BCUT2D eigenvalue weighted by Gasteiger charge is 2.35. The number of nitrogens with one attached hydrogen (secondary N) is 1. The van der Waals surface area contributed by atoms with Crippen LogP contribution in [0.15, 0.2) is 0 Å². The Hall–Kier alpha value is -1.63. The number of primary amides is 1. The number of hydroxylamine groups is 1. The van der Waals surface area contributed by atoms with E-state index in [4.69, 9.17) is 10.8 Å². The average Bonchev–Trinajstić information content (AvgIpc) is 2.28. The van der Waals surface area contributed by atoms with Crippen molar-refractivity contribution in [3.8, 4) is 0 Å². The first-order valence-corrected chi connectivity index (χ1v) is 5.45. The van der Waals surface area contributed by atoms with E-state index in [9.17, 15) is 14.4 Å². The van der Waals surface area contributed by atoms with E-state index in [2.05, 4.69) is 10.3 Å². The molecule has 2 atom stereocenters. The van der Waals surface area contributed by atoms with Crippen LogP contribution in [0.4, 0.5) is 0 Å². The van der Waals surface area contributed by atoms with Gasteiger partial charge >= 0.3 is 5.97 Å². The van der Waals surface area contributed by atoms with Crippen molar-refractivity contribution in [3.05, 3.63) is 0 Å². The first-order chi connectivity index (χ1) is 8.02. The van der Waals surface area contributed by atoms with Gasteiger partial charge in [-0.05, 0) is 12.8 Å². The van der Waals surface area contributed by atoms with Crippen LogP contribution >= 0.6 is 0 Å². The number of hydrogen-bond donors (Lipinski definition) is 3. The van der Waals surface area contributed by atoms with Crippen LogP contribution < -0.4 is 11.2 Å². The minimum Gasteiger partial charge on any atom is -0.481 e. The third-order valence-corrected chi connectivity index (χ3v) is 2.81. The van der Waals surface area contributed by atoms with Gasteiger partial charge in [0.2, 0.25) is 11.8 Å². The van der Waals surface area contributed by atoms with E-state index in [-0.39, 0.29) is 0 Å². The highest BCUT2D eigenvalue weighted by Crippen LogP contribution is 2.30. The maximum Gasteiger partial charge on any atom is 0.307 e. The molecule has 0 unspecified atom stereocenters. The number of rotatable bonds is 5. The number of carboxylic acids is 1. The molecule has 0 aromatic rings. The summed E-state index contributed by atoms with van der Waals surface area (Å²) in [6.07, 6.45) is 2.63. The van der Waals surface area contributed by atoms with E-state index < -0.39 is 36.2 Å². The Morgan fingerprint density at radius 1 is 1.24 bits per heavy atom. The summed E-state index contributed by atoms with van der Waals surface area (Å²) in [7, 11) is 0. The number of hydrogen-bond acceptors (Lipinski definition) is 4. The molecule has 2 amide bonds. The topological polar surface area (TPSA) is 119 Å². The predicted octanol–water partition coefficient (Wildman–Crippen LogP) is -0.590. The van der Waals surface area contributed by atoms with E-state index >= 15 is 0 Å². The molecule has 0 heterocycles. The summed E-state index contributed by atoms with van der Waals surface area (Å²) >= 11 is 0. The molecular weight excluding hydrogens is 228 g/mol. The third-order valence-electron chi connectivity index (χ3n) is 2.81. The Bertz CT molecular complexity index is 318. The van der Waals surface area contributed by atoms with Crippen LogP contribution in [0.5, 0.6) is 0 Å². The molecule has 1 aliphatic rings. The van der Waals surface area contributed by atoms with Crippen molar-refractivity contribution in [2.75, 3.05) is 6.61 Å². The Kier molecular flexibility index (Phi) is 4.89. The number of nitrogens with two attached hydrogens (primary N) is 1. The molecule has 1 saturated carbocycles. The van der Waals surface area contributed by atoms with Crippen molar-refractivity contribution in [3.63, 3.8) is 0 Å². The smallest absolute Gasteiger partial charge is 0.307 e. The van der Waals surface area contributed by atoms with Crippen LogP contribution in [-0.2, 0) is 19.2 Å². The van der Waals surface area contributed by atoms with E-state index in [1.807, 2.05) is 0 Å². The molecule has 7 nitrogen and oxygen atoms in total. The molecule has 0 saturated heterocycles. The minimum atomic E-state index is -0.972. The molecule has 1 rings (SSSR count). The molecule has 96 valence electrons. The molecule has 1 fully saturated rings. The molecule has 4 N–H and O–H groups in total. The first-order valence-electron chi connectivity index (χ1n) is 5.45. The number of amides is 2. The van der Waals surface area contributed by atoms with Gasteiger partial charge in [-0.1, -0.05) is 12.8 Å². The lowest BCUT2D eigenvalue weighted by atomic mass is 9.79. The van der Waals surface area contributed by atoms with Gasteiger partial charge in [0.1, 0.15) is 0 Å². The van der Waals surface area contributed by atoms with Crippen LogP contribution in [0.3, 0.4) is 0 Å². The highest BCUT2D eigenvalue weighted by atomic mass is 16.7. The molecule has 7 heteroatoms. The first kappa shape index (κ1) is 13.4. The molecule has 0 bridgehead atoms. The fourth-order valence-corrected chi connectivity index (χ4v) is 1.99. The van der Waals surface area contributed by atoms with Crippen LogP contribution in [0, 0.1) is 11.8 Å². The minimum absolute atomic E-state index is 0.420. The SMILES string of the molecule is NC(=O)CONC(=O)[C@@H]1CCCC[C@@H]1C(=O)O. The molecule has 17 heavy (non-hydrogen) atoms. The quantitative estimate of drug-likeness (QED) is 0.558. The molecule has 0 radical (unpaired) electrons. The molecule has 1 aliphatic carbocycles. The lowest BCUT2D eigenvalue weighted by Crippen LogP contribution is -2.40. The summed E-state index contributed by atoms with van der Waals surface area (Å²) in [5.74, 6) is -3.46. The molecule has 0 spiro atoms. The van der Waals surface area contributed by atoms with Gasteiger partial charge in [-0.15, -0.1) is 0 Å². The molecular formula is C10H16N2O5. The van der Waals surface area contributed by atoms with Gasteiger partial charge in [-0.3, -0.25) is 19.2 Å². The fraction of sp³-hybridized carbons (Fsp3) is 0.700. The lowest BCUT2D eigenvalue weighted by Gasteiger charge is -2.26. The lowest BCUT2D eigenvalue weighted by molar-refractivity contribution is -0.154. The number of aliphatic carboxylic acids is 1. The Balaban J connectivity index is 2.47. The van der Waals surface area contributed by atoms with Crippen molar-refractivity contribution in [2.45, 2.75) is 25.7 Å². The zero-order valence-corrected chi connectivity index (χ0v) is 9.35. The van der Waals surface area contributed by atoms with Crippen LogP contribution in [-0.4, -0.2) is 29.5 Å². The van der Waals surface area contributed by atoms with Gasteiger partial charge < -0.3 is 10.8 Å². The van der Waals surface area contributed by atoms with Crippen LogP contribution in [0.25, 0.3) is 0 Å². The second-order valence-corrected chi connectivity index (χ2v) is 4.06. The standard InChI is InChI=1S/C10H16N2O5/c11-8(13)5-17-12-9(14)6-3-1-2-4-7(6)10(15)16/h6-7H,1-5H2,(H2,11,13)(H,12,14)(H,15,16)/t6-,7+/m1/s1. The zero-order chi connectivity index (χ0) is 12.8. The molecule has 0 aliphatic heterocycles. The Labute approximate surface area is 98.3 Å². The summed E-state index contributed by atoms with van der Waals surface area (Å²) in [5.41, 5.74) is 6.89. The van der Waals surface area contributed by atoms with Crippen molar-refractivity contribution in [2.24, 2.45) is 17.6 Å². The number of carbonyl (C=O) groups excluding carboxylic acids is 2. The van der Waals surface area contributed by atoms with Gasteiger partial charge in [0.05, 0.1) is 11.8 Å². The van der Waals surface area contributed by atoms with Crippen molar-refractivity contribution in [1.29, 1.82) is 0 Å². The van der Waals surface area contributed by atoms with Gasteiger partial charge in [-0.25, -0.2) is 5.48 Å². The second-order valence-electron chi connectivity index (χ2n) is 4.06. The number of carbonyl (C=O) groups is 3. The summed E-state index contributed by atoms with van der Waals surface area (Å²) in [6, 6.07) is 0. The normalized spacial score (nSPS) is 24.0. The summed E-state index contributed by atoms with van der Waals surface area (Å²) in [6.45, 7) is -0.420. The van der Waals surface area contributed by atoms with E-state index in [1.54, 1.807) is 0 Å². The second kappa shape index (κ2) is 6.19. The third kappa shape index (κ3) is 4.03. The van der Waals surface area contributed by atoms with Crippen molar-refractivity contribution < 1.29 is 24.3 Å². The number of carboxylic acid groups (broad SMARTS) is 1. The van der Waals surface area contributed by atoms with Gasteiger partial charge in [0, 0.05) is 0 Å². The Morgan fingerprint density at radius 2 is 1.82 bits per heavy atom. The Morgan fingerprint density at radius 3 is 2.35 bits per heavy atom. The fourth-order valence-electron chi connectivity index (χ4n) is 1.99. The predicted molar refractivity (Wildman–Crippen MR) is 56.4 cm³/mol. The van der Waals surface area contributed by atoms with Crippen molar-refractivity contribution >= 4 is 17.8 Å². The largest absolute Gasteiger partial charge is 0.481 e.